The Labute approximate surface area is 217 Å². The number of carbonyl (C=O) groups excluding carboxylic acids is 1. The van der Waals surface area contributed by atoms with Crippen LogP contribution in [0, 0.1) is 0 Å². The van der Waals surface area contributed by atoms with E-state index in [4.69, 9.17) is 4.74 Å². The van der Waals surface area contributed by atoms with Crippen molar-refractivity contribution in [2.24, 2.45) is 0 Å². The summed E-state index contributed by atoms with van der Waals surface area (Å²) in [6.45, 7) is 0.285. The Balaban J connectivity index is 1.29. The van der Waals surface area contributed by atoms with Gasteiger partial charge < -0.3 is 25.0 Å². The molecule has 0 saturated carbocycles. The predicted molar refractivity (Wildman–Crippen MR) is 123 cm³/mol. The number of aromatic nitrogens is 4. The van der Waals surface area contributed by atoms with Crippen molar-refractivity contribution in [3.63, 3.8) is 0 Å². The lowest BCUT2D eigenvalue weighted by Gasteiger charge is -2.36. The molecule has 4 rings (SSSR count). The molecule has 0 aromatic carbocycles. The van der Waals surface area contributed by atoms with Crippen molar-refractivity contribution in [3.05, 3.63) is 40.1 Å². The Hall–Kier alpha value is -3.47. The summed E-state index contributed by atoms with van der Waals surface area (Å²) in [5, 5.41) is 17.1. The highest BCUT2D eigenvalue weighted by Crippen LogP contribution is 2.32. The van der Waals surface area contributed by atoms with Crippen molar-refractivity contribution < 1.29 is 41.0 Å². The molecule has 2 saturated heterocycles. The van der Waals surface area contributed by atoms with Crippen LogP contribution in [0.4, 0.5) is 38.0 Å². The third-order valence-corrected chi connectivity index (χ3v) is 6.56. The van der Waals surface area contributed by atoms with Crippen LogP contribution in [0.3, 0.4) is 0 Å². The van der Waals surface area contributed by atoms with E-state index in [1.54, 1.807) is 14.9 Å². The number of amides is 1. The predicted octanol–water partition coefficient (Wildman–Crippen LogP) is 1.66. The highest BCUT2D eigenvalue weighted by molar-refractivity contribution is 5.83. The number of hydrogen-bond donors (Lipinski definition) is 3. The molecule has 1 amide bonds. The van der Waals surface area contributed by atoms with E-state index in [-0.39, 0.29) is 24.5 Å². The quantitative estimate of drug-likeness (QED) is 0.408. The number of nitrogens with one attached hydrogen (secondary N) is 2. The zero-order chi connectivity index (χ0) is 28.4. The summed E-state index contributed by atoms with van der Waals surface area (Å²) in [5.74, 6) is -0.132. The third kappa shape index (κ3) is 6.58. The van der Waals surface area contributed by atoms with E-state index in [1.807, 2.05) is 0 Å². The van der Waals surface area contributed by atoms with E-state index >= 15 is 0 Å². The first-order valence-corrected chi connectivity index (χ1v) is 12.0. The number of aliphatic hydroxyl groups excluding tert-OH is 1. The fraction of sp³-hybridized carbons (Fsp3) is 0.591. The molecular weight excluding hydrogens is 540 g/mol. The lowest BCUT2D eigenvalue weighted by molar-refractivity contribution is -0.140. The van der Waals surface area contributed by atoms with Crippen LogP contribution in [0.25, 0.3) is 0 Å². The topological polar surface area (TPSA) is 137 Å². The lowest BCUT2D eigenvalue weighted by atomic mass is 10.0. The molecule has 2 aliphatic heterocycles. The molecule has 2 atom stereocenters. The molecule has 39 heavy (non-hydrogen) atoms. The number of likely N-dealkylation sites (tertiary alicyclic amines) is 1. The van der Waals surface area contributed by atoms with Crippen molar-refractivity contribution in [2.45, 2.75) is 49.8 Å². The molecule has 2 aliphatic rings. The largest absolute Gasteiger partial charge is 0.423 e. The second-order valence-corrected chi connectivity index (χ2v) is 9.14. The number of piperidine rings is 1. The smallest absolute Gasteiger partial charge is 0.394 e. The molecule has 2 unspecified atom stereocenters. The number of nitrogens with zero attached hydrogens (tertiary/aromatic N) is 5. The summed E-state index contributed by atoms with van der Waals surface area (Å²) in [5.41, 5.74) is -4.50. The second-order valence-electron chi connectivity index (χ2n) is 9.14. The second kappa shape index (κ2) is 11.3. The van der Waals surface area contributed by atoms with Gasteiger partial charge in [0.2, 0.25) is 5.95 Å². The number of hydrogen-bond acceptors (Lipinski definition) is 9. The lowest BCUT2D eigenvalue weighted by Crippen LogP contribution is -2.47. The van der Waals surface area contributed by atoms with Gasteiger partial charge in [0, 0.05) is 44.5 Å². The normalized spacial score (nSPS) is 20.0. The van der Waals surface area contributed by atoms with Gasteiger partial charge >= 0.3 is 12.4 Å². The average Bonchev–Trinajstić information content (AvgIpc) is 3.25. The van der Waals surface area contributed by atoms with E-state index in [0.29, 0.717) is 38.9 Å². The molecule has 2 aromatic rings. The van der Waals surface area contributed by atoms with Gasteiger partial charge in [-0.05, 0) is 12.8 Å². The highest BCUT2D eigenvalue weighted by Gasteiger charge is 2.40. The highest BCUT2D eigenvalue weighted by atomic mass is 19.4. The molecule has 214 valence electrons. The minimum absolute atomic E-state index is 0.139. The van der Waals surface area contributed by atoms with Gasteiger partial charge in [0.05, 0.1) is 36.7 Å². The minimum atomic E-state index is -4.96. The van der Waals surface area contributed by atoms with Gasteiger partial charge in [-0.25, -0.2) is 15.1 Å². The van der Waals surface area contributed by atoms with Crippen LogP contribution in [0.5, 0.6) is 0 Å². The van der Waals surface area contributed by atoms with Crippen molar-refractivity contribution in [1.29, 1.82) is 0 Å². The first-order valence-electron chi connectivity index (χ1n) is 12.0. The Kier molecular flexibility index (Phi) is 8.29. The number of aliphatic hydroxyl groups is 1. The van der Waals surface area contributed by atoms with Crippen LogP contribution in [-0.4, -0.2) is 87.1 Å². The van der Waals surface area contributed by atoms with Crippen LogP contribution in [0.1, 0.15) is 30.4 Å². The molecule has 11 nitrogen and oxygen atoms in total. The van der Waals surface area contributed by atoms with Crippen LogP contribution in [0.15, 0.2) is 23.4 Å². The van der Waals surface area contributed by atoms with Crippen molar-refractivity contribution in [3.8, 4) is 0 Å². The number of alkyl halides is 6. The van der Waals surface area contributed by atoms with Gasteiger partial charge in [0.15, 0.2) is 0 Å². The summed E-state index contributed by atoms with van der Waals surface area (Å²) < 4.78 is 83.6. The van der Waals surface area contributed by atoms with Gasteiger partial charge in [-0.1, -0.05) is 0 Å². The molecule has 2 aromatic heterocycles. The van der Waals surface area contributed by atoms with Gasteiger partial charge in [-0.3, -0.25) is 9.59 Å². The van der Waals surface area contributed by atoms with E-state index in [0.717, 1.165) is 18.6 Å². The third-order valence-electron chi connectivity index (χ3n) is 6.56. The Morgan fingerprint density at radius 1 is 1.03 bits per heavy atom. The fourth-order valence-corrected chi connectivity index (χ4v) is 4.58. The molecule has 0 spiro atoms. The zero-order valence-electron chi connectivity index (χ0n) is 20.3. The van der Waals surface area contributed by atoms with Gasteiger partial charge in [0.25, 0.3) is 11.5 Å². The number of carbonyl (C=O) groups is 1. The molecular formula is C22H25F6N7O4. The van der Waals surface area contributed by atoms with Gasteiger partial charge in [0.1, 0.15) is 11.7 Å². The maximum atomic E-state index is 13.3. The van der Waals surface area contributed by atoms with Crippen LogP contribution < -0.4 is 15.8 Å². The molecule has 0 aliphatic carbocycles. The SMILES string of the molecule is O=C1C(OCC(CO)Nc2cn[nH]c(=O)c2C(F)(F)F)CCN1C1CCN(c2ncc(C(F)(F)F)cn2)CC1. The molecule has 3 N–H and O–H groups in total. The maximum Gasteiger partial charge on any atom is 0.423 e. The standard InChI is InChI=1S/C22H25F6N7O4/c23-21(24,25)12-7-29-20(30-8-12)34-4-1-14(2-5-34)35-6-3-16(19(35)38)39-11-13(10-36)32-15-9-31-33-18(37)17(15)22(26,27)28/h7-9,13-14,16,36H,1-6,10-11H2,(H2,32,33,37). The molecule has 0 bridgehead atoms. The van der Waals surface area contributed by atoms with Gasteiger partial charge in [-0.2, -0.15) is 31.4 Å². The minimum Gasteiger partial charge on any atom is -0.394 e. The number of anilines is 2. The summed E-state index contributed by atoms with van der Waals surface area (Å²) in [6, 6.07) is -1.19. The zero-order valence-corrected chi connectivity index (χ0v) is 20.3. The summed E-state index contributed by atoms with van der Waals surface area (Å²) in [6.07, 6.45) is -6.74. The molecule has 4 heterocycles. The molecule has 17 heteroatoms. The van der Waals surface area contributed by atoms with Crippen LogP contribution >= 0.6 is 0 Å². The Morgan fingerprint density at radius 3 is 2.28 bits per heavy atom. The Bertz CT molecular complexity index is 1200. The summed E-state index contributed by atoms with van der Waals surface area (Å²) in [4.78, 5) is 35.6. The number of aromatic amines is 1. The number of H-pyrrole nitrogens is 1. The monoisotopic (exact) mass is 565 g/mol. The first kappa shape index (κ1) is 28.5. The summed E-state index contributed by atoms with van der Waals surface area (Å²) >= 11 is 0. The molecule has 2 fully saturated rings. The van der Waals surface area contributed by atoms with E-state index < -0.39 is 53.5 Å². The van der Waals surface area contributed by atoms with Crippen molar-refractivity contribution >= 4 is 17.5 Å². The Morgan fingerprint density at radius 2 is 1.69 bits per heavy atom. The first-order chi connectivity index (χ1) is 18.4. The number of rotatable bonds is 8. The fourth-order valence-electron chi connectivity index (χ4n) is 4.58. The van der Waals surface area contributed by atoms with E-state index in [9.17, 15) is 41.0 Å². The van der Waals surface area contributed by atoms with Gasteiger partial charge in [-0.15, -0.1) is 0 Å². The van der Waals surface area contributed by atoms with Crippen molar-refractivity contribution in [1.82, 2.24) is 25.1 Å². The average molecular weight is 565 g/mol. The van der Waals surface area contributed by atoms with E-state index in [1.165, 1.54) is 0 Å². The van der Waals surface area contributed by atoms with Crippen LogP contribution in [0.2, 0.25) is 0 Å². The molecule has 0 radical (unpaired) electrons. The maximum absolute atomic E-state index is 13.3. The van der Waals surface area contributed by atoms with Crippen molar-refractivity contribution in [2.75, 3.05) is 43.1 Å². The number of ether oxygens (including phenoxy) is 1. The van der Waals surface area contributed by atoms with E-state index in [2.05, 4.69) is 20.4 Å². The number of halogens is 6. The van der Waals surface area contributed by atoms with Crippen LogP contribution in [-0.2, 0) is 21.9 Å². The summed E-state index contributed by atoms with van der Waals surface area (Å²) in [7, 11) is 0.